The fourth-order valence-electron chi connectivity index (χ4n) is 4.43. The third-order valence-corrected chi connectivity index (χ3v) is 5.85. The van der Waals surface area contributed by atoms with E-state index in [0.29, 0.717) is 0 Å². The van der Waals surface area contributed by atoms with Gasteiger partial charge in [0.2, 0.25) is 0 Å². The molecule has 0 fully saturated rings. The molecule has 0 N–H and O–H groups in total. The molecule has 0 aliphatic heterocycles. The summed E-state index contributed by atoms with van der Waals surface area (Å²) in [6, 6.07) is 36.9. The zero-order valence-electron chi connectivity index (χ0n) is 16.3. The van der Waals surface area contributed by atoms with Crippen LogP contribution in [0.1, 0.15) is 25.0 Å². The molecule has 1 aliphatic rings. The van der Waals surface area contributed by atoms with Gasteiger partial charge in [-0.1, -0.05) is 80.6 Å². The fourth-order valence-corrected chi connectivity index (χ4v) is 4.43. The molecule has 136 valence electrons. The van der Waals surface area contributed by atoms with Gasteiger partial charge in [0.1, 0.15) is 0 Å². The Morgan fingerprint density at radius 3 is 1.68 bits per heavy atom. The highest BCUT2D eigenvalue weighted by Crippen LogP contribution is 2.50. The number of rotatable bonds is 3. The summed E-state index contributed by atoms with van der Waals surface area (Å²) in [6.07, 6.45) is 0. The minimum absolute atomic E-state index is 0.000975. The molecular formula is C27H23N. The first-order valence-electron chi connectivity index (χ1n) is 9.81. The number of para-hydroxylation sites is 2. The van der Waals surface area contributed by atoms with Crippen molar-refractivity contribution in [1.29, 1.82) is 0 Å². The maximum atomic E-state index is 2.37. The standard InChI is InChI=1S/C27H23N/c1-27(2)25-16-10-9-15-23(25)24-18-17-22(19-26(24)27)28(20-11-5-3-6-12-20)21-13-7-4-8-14-21/h3-19H,1-2H3. The molecule has 4 aromatic carbocycles. The van der Waals surface area contributed by atoms with Crippen LogP contribution < -0.4 is 4.90 Å². The Hall–Kier alpha value is -3.32. The van der Waals surface area contributed by atoms with E-state index < -0.39 is 0 Å². The van der Waals surface area contributed by atoms with Gasteiger partial charge in [0.05, 0.1) is 0 Å². The maximum absolute atomic E-state index is 2.37. The number of benzene rings is 4. The van der Waals surface area contributed by atoms with Gasteiger partial charge in [0.15, 0.2) is 0 Å². The van der Waals surface area contributed by atoms with Gasteiger partial charge in [-0.05, 0) is 58.7 Å². The molecule has 1 nitrogen and oxygen atoms in total. The van der Waals surface area contributed by atoms with Gasteiger partial charge in [0, 0.05) is 22.5 Å². The third kappa shape index (κ3) is 2.55. The van der Waals surface area contributed by atoms with Crippen LogP contribution in [0.3, 0.4) is 0 Å². The molecule has 0 unspecified atom stereocenters. The van der Waals surface area contributed by atoms with Crippen molar-refractivity contribution in [1.82, 2.24) is 0 Å². The molecule has 1 heteroatoms. The SMILES string of the molecule is CC1(C)c2ccccc2-c2ccc(N(c3ccccc3)c3ccccc3)cc21. The average molecular weight is 361 g/mol. The third-order valence-electron chi connectivity index (χ3n) is 5.85. The van der Waals surface area contributed by atoms with Crippen molar-refractivity contribution in [3.05, 3.63) is 114 Å². The highest BCUT2D eigenvalue weighted by molar-refractivity contribution is 5.85. The fraction of sp³-hybridized carbons (Fsp3) is 0.111. The lowest BCUT2D eigenvalue weighted by atomic mass is 9.82. The lowest BCUT2D eigenvalue weighted by Gasteiger charge is -2.28. The Labute approximate surface area is 166 Å². The molecule has 4 aromatic rings. The van der Waals surface area contributed by atoms with Crippen LogP contribution in [0.4, 0.5) is 17.1 Å². The van der Waals surface area contributed by atoms with E-state index in [4.69, 9.17) is 0 Å². The summed E-state index contributed by atoms with van der Waals surface area (Å²) in [4.78, 5) is 2.33. The van der Waals surface area contributed by atoms with Gasteiger partial charge in [-0.2, -0.15) is 0 Å². The minimum Gasteiger partial charge on any atom is -0.310 e. The molecule has 5 rings (SSSR count). The molecule has 0 saturated carbocycles. The summed E-state index contributed by atoms with van der Waals surface area (Å²) in [5.41, 5.74) is 9.05. The van der Waals surface area contributed by atoms with E-state index in [1.165, 1.54) is 39.3 Å². The number of hydrogen-bond donors (Lipinski definition) is 0. The van der Waals surface area contributed by atoms with E-state index in [0.717, 1.165) is 0 Å². The predicted molar refractivity (Wildman–Crippen MR) is 119 cm³/mol. The number of anilines is 3. The van der Waals surface area contributed by atoms with Crippen molar-refractivity contribution in [2.45, 2.75) is 19.3 Å². The van der Waals surface area contributed by atoms with E-state index >= 15 is 0 Å². The minimum atomic E-state index is 0.000975. The van der Waals surface area contributed by atoms with Crippen LogP contribution >= 0.6 is 0 Å². The smallest absolute Gasteiger partial charge is 0.0465 e. The summed E-state index contributed by atoms with van der Waals surface area (Å²) in [7, 11) is 0. The molecule has 28 heavy (non-hydrogen) atoms. The molecule has 1 aliphatic carbocycles. The van der Waals surface area contributed by atoms with Gasteiger partial charge in [0.25, 0.3) is 0 Å². The van der Waals surface area contributed by atoms with Crippen LogP contribution in [0.15, 0.2) is 103 Å². The van der Waals surface area contributed by atoms with Crippen molar-refractivity contribution in [3.8, 4) is 11.1 Å². The largest absolute Gasteiger partial charge is 0.310 e. The van der Waals surface area contributed by atoms with Crippen LogP contribution in [0, 0.1) is 0 Å². The summed E-state index contributed by atoms with van der Waals surface area (Å²) in [6.45, 7) is 4.66. The van der Waals surface area contributed by atoms with E-state index in [1.54, 1.807) is 0 Å². The Balaban J connectivity index is 1.70. The van der Waals surface area contributed by atoms with Crippen molar-refractivity contribution >= 4 is 17.1 Å². The summed E-state index contributed by atoms with van der Waals surface area (Å²) >= 11 is 0. The molecule has 0 aromatic heterocycles. The Bertz CT molecular complexity index is 1090. The molecule has 0 saturated heterocycles. The van der Waals surface area contributed by atoms with Crippen molar-refractivity contribution in [3.63, 3.8) is 0 Å². The number of hydrogen-bond acceptors (Lipinski definition) is 1. The monoisotopic (exact) mass is 361 g/mol. The quantitative estimate of drug-likeness (QED) is 0.366. The normalized spacial score (nSPS) is 13.6. The molecule has 0 spiro atoms. The lowest BCUT2D eigenvalue weighted by Crippen LogP contribution is -2.16. The first-order valence-corrected chi connectivity index (χ1v) is 9.81. The maximum Gasteiger partial charge on any atom is 0.0465 e. The molecule has 0 amide bonds. The predicted octanol–water partition coefficient (Wildman–Crippen LogP) is 7.46. The molecule has 0 heterocycles. The van der Waals surface area contributed by atoms with Crippen molar-refractivity contribution < 1.29 is 0 Å². The van der Waals surface area contributed by atoms with Gasteiger partial charge >= 0.3 is 0 Å². The molecule has 0 atom stereocenters. The number of nitrogens with zero attached hydrogens (tertiary/aromatic N) is 1. The summed E-state index contributed by atoms with van der Waals surface area (Å²) in [5.74, 6) is 0. The second-order valence-corrected chi connectivity index (χ2v) is 7.91. The zero-order chi connectivity index (χ0) is 19.1. The summed E-state index contributed by atoms with van der Waals surface area (Å²) in [5, 5.41) is 0. The van der Waals surface area contributed by atoms with E-state index in [9.17, 15) is 0 Å². The van der Waals surface area contributed by atoms with Gasteiger partial charge in [-0.25, -0.2) is 0 Å². The van der Waals surface area contributed by atoms with Crippen LogP contribution in [-0.4, -0.2) is 0 Å². The summed E-state index contributed by atoms with van der Waals surface area (Å²) < 4.78 is 0. The van der Waals surface area contributed by atoms with Crippen LogP contribution in [-0.2, 0) is 5.41 Å². The lowest BCUT2D eigenvalue weighted by molar-refractivity contribution is 0.660. The number of fused-ring (bicyclic) bond motifs is 3. The Kier molecular flexibility index (Phi) is 3.84. The van der Waals surface area contributed by atoms with Crippen LogP contribution in [0.5, 0.6) is 0 Å². The van der Waals surface area contributed by atoms with Crippen molar-refractivity contribution in [2.75, 3.05) is 4.90 Å². The second kappa shape index (κ2) is 6.38. The molecular weight excluding hydrogens is 338 g/mol. The zero-order valence-corrected chi connectivity index (χ0v) is 16.3. The van der Waals surface area contributed by atoms with E-state index in [-0.39, 0.29) is 5.41 Å². The average Bonchev–Trinajstić information content (AvgIpc) is 2.97. The second-order valence-electron chi connectivity index (χ2n) is 7.91. The van der Waals surface area contributed by atoms with E-state index in [2.05, 4.69) is 122 Å². The first-order chi connectivity index (χ1) is 13.7. The molecule has 0 radical (unpaired) electrons. The Morgan fingerprint density at radius 1 is 0.500 bits per heavy atom. The van der Waals surface area contributed by atoms with Gasteiger partial charge in [-0.3, -0.25) is 0 Å². The topological polar surface area (TPSA) is 3.24 Å². The van der Waals surface area contributed by atoms with Crippen LogP contribution in [0.25, 0.3) is 11.1 Å². The highest BCUT2D eigenvalue weighted by Gasteiger charge is 2.35. The highest BCUT2D eigenvalue weighted by atomic mass is 15.1. The molecule has 0 bridgehead atoms. The van der Waals surface area contributed by atoms with Gasteiger partial charge < -0.3 is 4.90 Å². The first kappa shape index (κ1) is 16.8. The van der Waals surface area contributed by atoms with Gasteiger partial charge in [-0.15, -0.1) is 0 Å². The van der Waals surface area contributed by atoms with Crippen molar-refractivity contribution in [2.24, 2.45) is 0 Å². The van der Waals surface area contributed by atoms with Crippen LogP contribution in [0.2, 0.25) is 0 Å². The Morgan fingerprint density at radius 2 is 1.04 bits per heavy atom. The van der Waals surface area contributed by atoms with E-state index in [1.807, 2.05) is 0 Å².